The van der Waals surface area contributed by atoms with E-state index in [0.717, 1.165) is 12.8 Å². The van der Waals surface area contributed by atoms with Crippen molar-refractivity contribution in [3.05, 3.63) is 35.9 Å². The fourth-order valence-corrected chi connectivity index (χ4v) is 2.29. The summed E-state index contributed by atoms with van der Waals surface area (Å²) in [5.74, 6) is -1.65. The molecule has 0 aromatic heterocycles. The second-order valence-corrected chi connectivity index (χ2v) is 5.81. The zero-order valence-electron chi connectivity index (χ0n) is 14.8. The summed E-state index contributed by atoms with van der Waals surface area (Å²) < 4.78 is 0. The Hall–Kier alpha value is -2.65. The highest BCUT2D eigenvalue weighted by Gasteiger charge is 2.19. The number of aryl methyl sites for hydroxylation is 1. The van der Waals surface area contributed by atoms with Gasteiger partial charge in [0.1, 0.15) is 6.04 Å². The molecule has 26 heavy (non-hydrogen) atoms. The minimum absolute atomic E-state index is 0.0131. The Morgan fingerprint density at radius 1 is 1.12 bits per heavy atom. The van der Waals surface area contributed by atoms with Gasteiger partial charge < -0.3 is 21.5 Å². The zero-order chi connectivity index (χ0) is 19.2. The molecular weight excluding hydrogens is 336 g/mol. The van der Waals surface area contributed by atoms with Crippen LogP contribution in [0.4, 0.5) is 0 Å². The van der Waals surface area contributed by atoms with Crippen LogP contribution in [0.3, 0.4) is 0 Å². The molecule has 0 aliphatic carbocycles. The van der Waals surface area contributed by atoms with E-state index in [1.807, 2.05) is 18.2 Å². The van der Waals surface area contributed by atoms with Crippen LogP contribution in [0.5, 0.6) is 0 Å². The van der Waals surface area contributed by atoms with Crippen molar-refractivity contribution in [3.8, 4) is 0 Å². The normalized spacial score (nSPS) is 11.5. The largest absolute Gasteiger partial charge is 0.480 e. The summed E-state index contributed by atoms with van der Waals surface area (Å²) in [6, 6.07) is 9.15. The predicted octanol–water partition coefficient (Wildman–Crippen LogP) is -0.454. The number of amides is 1. The van der Waals surface area contributed by atoms with Crippen molar-refractivity contribution in [2.24, 2.45) is 5.73 Å². The first-order chi connectivity index (χ1) is 12.5. The second-order valence-electron chi connectivity index (χ2n) is 5.81. The van der Waals surface area contributed by atoms with Crippen LogP contribution in [0.25, 0.3) is 0 Å². The number of carboxylic acids is 1. The molecule has 0 fully saturated rings. The average molecular weight is 364 g/mol. The summed E-state index contributed by atoms with van der Waals surface area (Å²) in [5, 5.41) is 21.2. The summed E-state index contributed by atoms with van der Waals surface area (Å²) in [4.78, 5) is 23.0. The Labute approximate surface area is 153 Å². The Bertz CT molecular complexity index is 567. The van der Waals surface area contributed by atoms with E-state index in [1.165, 1.54) is 5.56 Å². The third kappa shape index (κ3) is 10.3. The van der Waals surface area contributed by atoms with Gasteiger partial charge >= 0.3 is 5.97 Å². The van der Waals surface area contributed by atoms with Crippen LogP contribution in [0.1, 0.15) is 24.8 Å². The van der Waals surface area contributed by atoms with Crippen LogP contribution in [-0.2, 0) is 16.0 Å². The summed E-state index contributed by atoms with van der Waals surface area (Å²) in [7, 11) is 0. The van der Waals surface area contributed by atoms with Crippen LogP contribution < -0.4 is 27.2 Å². The van der Waals surface area contributed by atoms with Crippen LogP contribution in [-0.4, -0.2) is 48.6 Å². The number of hydrogen-bond acceptors (Lipinski definition) is 5. The van der Waals surface area contributed by atoms with Gasteiger partial charge in [0.25, 0.3) is 0 Å². The summed E-state index contributed by atoms with van der Waals surface area (Å²) in [6.45, 7) is 1.07. The highest BCUT2D eigenvalue weighted by Crippen LogP contribution is 2.01. The molecule has 1 amide bonds. The van der Waals surface area contributed by atoms with E-state index in [-0.39, 0.29) is 18.9 Å². The first kappa shape index (κ1) is 21.4. The Morgan fingerprint density at radius 2 is 1.85 bits per heavy atom. The number of nitrogens with one attached hydrogen (secondary N) is 5. The number of carboxylic acid groups (broad SMARTS) is 1. The van der Waals surface area contributed by atoms with E-state index < -0.39 is 17.9 Å². The number of carbonyl (C=O) groups is 2. The van der Waals surface area contributed by atoms with Crippen LogP contribution in [0, 0.1) is 5.41 Å². The van der Waals surface area contributed by atoms with Crippen molar-refractivity contribution >= 4 is 17.8 Å². The summed E-state index contributed by atoms with van der Waals surface area (Å²) >= 11 is 0. The number of aliphatic carboxylic acids is 1. The van der Waals surface area contributed by atoms with Crippen LogP contribution >= 0.6 is 0 Å². The quantitative estimate of drug-likeness (QED) is 0.108. The zero-order valence-corrected chi connectivity index (χ0v) is 14.8. The number of benzene rings is 1. The van der Waals surface area contributed by atoms with Gasteiger partial charge in [-0.15, -0.1) is 0 Å². The van der Waals surface area contributed by atoms with Gasteiger partial charge in [-0.05, 0) is 31.2 Å². The van der Waals surface area contributed by atoms with Crippen LogP contribution in [0.15, 0.2) is 30.3 Å². The molecule has 0 aliphatic heterocycles. The van der Waals surface area contributed by atoms with Gasteiger partial charge in [0.2, 0.25) is 5.91 Å². The molecule has 0 saturated carbocycles. The lowest BCUT2D eigenvalue weighted by atomic mass is 10.1. The minimum Gasteiger partial charge on any atom is -0.480 e. The summed E-state index contributed by atoms with van der Waals surface area (Å²) in [5.41, 5.74) is 12.1. The van der Waals surface area contributed by atoms with Gasteiger partial charge in [-0.2, -0.15) is 0 Å². The topological polar surface area (TPSA) is 152 Å². The molecule has 1 aromatic rings. The molecule has 0 radical (unpaired) electrons. The molecule has 1 aromatic carbocycles. The standard InChI is InChI=1S/C17H28N6O3/c18-17(19)20-10-5-9-14(16(25)26)23-15(24)12-22-21-11-4-8-13-6-2-1-3-7-13/h1-3,6-7,14,21-22H,4-5,8-12H2,(H,23,24)(H,25,26)(H4,18,19,20)/t14-/m0/s1. The van der Waals surface area contributed by atoms with Crippen molar-refractivity contribution < 1.29 is 14.7 Å². The molecule has 1 atom stereocenters. The number of nitrogens with two attached hydrogens (primary N) is 1. The van der Waals surface area contributed by atoms with Crippen molar-refractivity contribution in [2.45, 2.75) is 31.7 Å². The number of guanidine groups is 1. The highest BCUT2D eigenvalue weighted by molar-refractivity contribution is 5.84. The molecule has 0 bridgehead atoms. The Balaban J connectivity index is 2.12. The molecule has 0 aliphatic rings. The molecule has 9 heteroatoms. The molecule has 0 unspecified atom stereocenters. The van der Waals surface area contributed by atoms with E-state index in [1.54, 1.807) is 0 Å². The third-order valence-electron chi connectivity index (χ3n) is 3.60. The average Bonchev–Trinajstić information content (AvgIpc) is 2.61. The molecule has 9 nitrogen and oxygen atoms in total. The van der Waals surface area contributed by atoms with Gasteiger partial charge in [-0.3, -0.25) is 15.6 Å². The van der Waals surface area contributed by atoms with Crippen molar-refractivity contribution in [2.75, 3.05) is 19.6 Å². The molecule has 144 valence electrons. The first-order valence-corrected chi connectivity index (χ1v) is 8.58. The fraction of sp³-hybridized carbons (Fsp3) is 0.471. The maximum atomic E-state index is 11.8. The Morgan fingerprint density at radius 3 is 2.50 bits per heavy atom. The molecule has 0 heterocycles. The monoisotopic (exact) mass is 364 g/mol. The lowest BCUT2D eigenvalue weighted by molar-refractivity contribution is -0.141. The number of rotatable bonds is 13. The van der Waals surface area contributed by atoms with Crippen molar-refractivity contribution in [3.63, 3.8) is 0 Å². The van der Waals surface area contributed by atoms with E-state index >= 15 is 0 Å². The van der Waals surface area contributed by atoms with E-state index in [2.05, 4.69) is 33.6 Å². The first-order valence-electron chi connectivity index (χ1n) is 8.58. The van der Waals surface area contributed by atoms with Gasteiger partial charge in [0.15, 0.2) is 5.96 Å². The van der Waals surface area contributed by atoms with E-state index in [4.69, 9.17) is 16.2 Å². The van der Waals surface area contributed by atoms with Gasteiger partial charge in [0.05, 0.1) is 6.54 Å². The van der Waals surface area contributed by atoms with Crippen LogP contribution in [0.2, 0.25) is 0 Å². The smallest absolute Gasteiger partial charge is 0.326 e. The highest BCUT2D eigenvalue weighted by atomic mass is 16.4. The maximum Gasteiger partial charge on any atom is 0.326 e. The molecule has 0 saturated heterocycles. The third-order valence-corrected chi connectivity index (χ3v) is 3.60. The predicted molar refractivity (Wildman–Crippen MR) is 99.5 cm³/mol. The molecule has 8 N–H and O–H groups in total. The molecule has 0 spiro atoms. The number of carbonyl (C=O) groups excluding carboxylic acids is 1. The van der Waals surface area contributed by atoms with Gasteiger partial charge in [-0.25, -0.2) is 10.2 Å². The summed E-state index contributed by atoms with van der Waals surface area (Å²) in [6.07, 6.45) is 2.59. The molecular formula is C17H28N6O3. The van der Waals surface area contributed by atoms with Gasteiger partial charge in [0, 0.05) is 13.1 Å². The maximum absolute atomic E-state index is 11.8. The van der Waals surface area contributed by atoms with Crippen molar-refractivity contribution in [1.29, 1.82) is 5.41 Å². The second kappa shape index (κ2) is 12.7. The number of hydrogen-bond donors (Lipinski definition) is 7. The van der Waals surface area contributed by atoms with E-state index in [9.17, 15) is 9.59 Å². The SMILES string of the molecule is N=C(N)NCCC[C@H](NC(=O)CNNCCCc1ccccc1)C(=O)O. The Kier molecular flexibility index (Phi) is 10.4. The lowest BCUT2D eigenvalue weighted by Gasteiger charge is -2.15. The van der Waals surface area contributed by atoms with E-state index in [0.29, 0.717) is 19.5 Å². The van der Waals surface area contributed by atoms with Crippen molar-refractivity contribution in [1.82, 2.24) is 21.5 Å². The number of hydrazine groups is 1. The fourth-order valence-electron chi connectivity index (χ4n) is 2.29. The van der Waals surface area contributed by atoms with Gasteiger partial charge in [-0.1, -0.05) is 30.3 Å². The molecule has 1 rings (SSSR count). The minimum atomic E-state index is -1.09. The lowest BCUT2D eigenvalue weighted by Crippen LogP contribution is -2.47.